The van der Waals surface area contributed by atoms with E-state index in [1.165, 1.54) is 12.8 Å². The number of hydrogen-bond donors (Lipinski definition) is 0. The number of rotatable bonds is 5. The molecule has 1 aliphatic carbocycles. The third kappa shape index (κ3) is 7.07. The molecule has 0 amide bonds. The van der Waals surface area contributed by atoms with Gasteiger partial charge in [0.15, 0.2) is 0 Å². The van der Waals surface area contributed by atoms with Crippen LogP contribution in [0.4, 0.5) is 0 Å². The molecule has 80 valence electrons. The topological polar surface area (TPSA) is 17.3 Å². The summed E-state index contributed by atoms with van der Waals surface area (Å²) >= 11 is 0. The van der Waals surface area contributed by atoms with Crippen molar-refractivity contribution in [1.82, 2.24) is 4.90 Å². The third-order valence-corrected chi connectivity index (χ3v) is 2.42. The van der Waals surface area contributed by atoms with E-state index in [1.54, 1.807) is 0 Å². The molecule has 0 aromatic heterocycles. The number of hydrogen-bond acceptors (Lipinski definition) is 1. The monoisotopic (exact) mass is 270 g/mol. The molecular formula is C11H25N2Rb. The minimum absolute atomic E-state index is 0. The van der Waals surface area contributed by atoms with E-state index in [2.05, 4.69) is 31.1 Å². The Morgan fingerprint density at radius 1 is 1.21 bits per heavy atom. The fraction of sp³-hybridized carbons (Fsp3) is 1.00. The summed E-state index contributed by atoms with van der Waals surface area (Å²) < 4.78 is 0. The van der Waals surface area contributed by atoms with E-state index in [0.717, 1.165) is 19.6 Å². The smallest absolute Gasteiger partial charge is 0.656 e. The van der Waals surface area contributed by atoms with Gasteiger partial charge in [-0.05, 0) is 20.1 Å². The second-order valence-corrected chi connectivity index (χ2v) is 3.53. The van der Waals surface area contributed by atoms with Crippen molar-refractivity contribution in [1.29, 1.82) is 0 Å². The van der Waals surface area contributed by atoms with Crippen molar-refractivity contribution in [2.75, 3.05) is 26.7 Å². The van der Waals surface area contributed by atoms with Crippen LogP contribution in [0.5, 0.6) is 0 Å². The molecule has 0 aliphatic heterocycles. The second-order valence-electron chi connectivity index (χ2n) is 3.53. The van der Waals surface area contributed by atoms with E-state index in [9.17, 15) is 0 Å². The van der Waals surface area contributed by atoms with Gasteiger partial charge in [0.2, 0.25) is 0 Å². The second kappa shape index (κ2) is 9.92. The van der Waals surface area contributed by atoms with Crippen molar-refractivity contribution in [3.63, 3.8) is 0 Å². The molecule has 1 fully saturated rings. The van der Waals surface area contributed by atoms with Crippen molar-refractivity contribution < 1.29 is 58.2 Å². The SMILES string of the molecule is CC.CC[N-]C1(CN(C)CC)CC1.[Rb+]. The predicted octanol–water partition coefficient (Wildman–Crippen LogP) is -0.105. The van der Waals surface area contributed by atoms with Gasteiger partial charge in [-0.15, -0.1) is 5.54 Å². The summed E-state index contributed by atoms with van der Waals surface area (Å²) in [6.45, 7) is 11.6. The van der Waals surface area contributed by atoms with Gasteiger partial charge in [0.25, 0.3) is 0 Å². The molecule has 1 rings (SSSR count). The molecule has 0 heterocycles. The molecule has 0 aromatic rings. The van der Waals surface area contributed by atoms with Crippen LogP contribution in [0.2, 0.25) is 0 Å². The molecule has 3 heteroatoms. The van der Waals surface area contributed by atoms with Crippen LogP contribution < -0.4 is 58.2 Å². The Hall–Kier alpha value is 1.73. The standard InChI is InChI=1S/C9H19N2.C2H6.Rb/c1-4-10-9(6-7-9)8-11(3)5-2;1-2;/h4-8H2,1-3H3;1-2H3;/q-1;;+1. The van der Waals surface area contributed by atoms with Crippen LogP contribution in [0, 0.1) is 0 Å². The zero-order chi connectivity index (χ0) is 10.3. The molecule has 0 N–H and O–H groups in total. The molecule has 1 saturated carbocycles. The van der Waals surface area contributed by atoms with Crippen LogP contribution in [0.25, 0.3) is 5.32 Å². The minimum Gasteiger partial charge on any atom is -0.656 e. The first-order chi connectivity index (χ1) is 6.22. The van der Waals surface area contributed by atoms with Gasteiger partial charge < -0.3 is 10.2 Å². The minimum atomic E-state index is 0. The van der Waals surface area contributed by atoms with E-state index >= 15 is 0 Å². The molecular weight excluding hydrogens is 246 g/mol. The van der Waals surface area contributed by atoms with Crippen LogP contribution in [0.1, 0.15) is 40.5 Å². The van der Waals surface area contributed by atoms with Crippen LogP contribution in [-0.2, 0) is 0 Å². The first kappa shape index (κ1) is 18.1. The van der Waals surface area contributed by atoms with E-state index in [1.807, 2.05) is 13.8 Å². The summed E-state index contributed by atoms with van der Waals surface area (Å²) in [6.07, 6.45) is 2.62. The van der Waals surface area contributed by atoms with Gasteiger partial charge in [0.05, 0.1) is 0 Å². The summed E-state index contributed by atoms with van der Waals surface area (Å²) in [5, 5.41) is 4.61. The molecule has 0 radical (unpaired) electrons. The maximum atomic E-state index is 4.61. The van der Waals surface area contributed by atoms with Crippen LogP contribution >= 0.6 is 0 Å². The molecule has 0 aromatic carbocycles. The zero-order valence-corrected chi connectivity index (χ0v) is 15.8. The van der Waals surface area contributed by atoms with Gasteiger partial charge >= 0.3 is 58.2 Å². The maximum Gasteiger partial charge on any atom is 1.00 e. The summed E-state index contributed by atoms with van der Waals surface area (Å²) in [7, 11) is 2.17. The molecule has 2 nitrogen and oxygen atoms in total. The Bertz CT molecular complexity index is 124. The fourth-order valence-electron chi connectivity index (χ4n) is 1.46. The Labute approximate surface area is 139 Å². The summed E-state index contributed by atoms with van der Waals surface area (Å²) in [6, 6.07) is 0. The largest absolute Gasteiger partial charge is 1.00 e. The molecule has 0 saturated heterocycles. The Morgan fingerprint density at radius 2 is 1.71 bits per heavy atom. The van der Waals surface area contributed by atoms with Gasteiger partial charge in [-0.1, -0.05) is 40.5 Å². The fourth-order valence-corrected chi connectivity index (χ4v) is 1.46. The Kier molecular flexibility index (Phi) is 12.8. The van der Waals surface area contributed by atoms with E-state index in [0.29, 0.717) is 5.54 Å². The van der Waals surface area contributed by atoms with Gasteiger partial charge in [-0.25, -0.2) is 0 Å². The summed E-state index contributed by atoms with van der Waals surface area (Å²) in [4.78, 5) is 2.35. The molecule has 0 unspecified atom stereocenters. The maximum absolute atomic E-state index is 4.61. The predicted molar refractivity (Wildman–Crippen MR) is 60.4 cm³/mol. The van der Waals surface area contributed by atoms with Gasteiger partial charge in [0, 0.05) is 0 Å². The Morgan fingerprint density at radius 3 is 2.00 bits per heavy atom. The molecule has 1 aliphatic rings. The third-order valence-electron chi connectivity index (χ3n) is 2.42. The van der Waals surface area contributed by atoms with Crippen molar-refractivity contribution in [2.24, 2.45) is 0 Å². The number of nitrogens with zero attached hydrogens (tertiary/aromatic N) is 2. The van der Waals surface area contributed by atoms with E-state index < -0.39 is 0 Å². The Balaban J connectivity index is 0. The summed E-state index contributed by atoms with van der Waals surface area (Å²) in [5.74, 6) is 0. The molecule has 0 bridgehead atoms. The van der Waals surface area contributed by atoms with Crippen LogP contribution in [-0.4, -0.2) is 37.1 Å². The molecule has 14 heavy (non-hydrogen) atoms. The summed E-state index contributed by atoms with van der Waals surface area (Å²) in [5.41, 5.74) is 0.375. The first-order valence-electron chi connectivity index (χ1n) is 5.59. The normalized spacial score (nSPS) is 16.7. The van der Waals surface area contributed by atoms with E-state index in [-0.39, 0.29) is 58.2 Å². The average molecular weight is 271 g/mol. The van der Waals surface area contributed by atoms with Crippen LogP contribution in [0.3, 0.4) is 0 Å². The van der Waals surface area contributed by atoms with Crippen molar-refractivity contribution in [2.45, 2.75) is 46.1 Å². The first-order valence-corrected chi connectivity index (χ1v) is 5.59. The van der Waals surface area contributed by atoms with Crippen molar-refractivity contribution >= 4 is 0 Å². The average Bonchev–Trinajstić information content (AvgIpc) is 2.89. The van der Waals surface area contributed by atoms with Gasteiger partial charge in [-0.3, -0.25) is 0 Å². The van der Waals surface area contributed by atoms with Crippen molar-refractivity contribution in [3.05, 3.63) is 5.32 Å². The zero-order valence-electron chi connectivity index (χ0n) is 10.9. The molecule has 0 spiro atoms. The number of likely N-dealkylation sites (N-methyl/N-ethyl adjacent to an activating group) is 2. The molecule has 0 atom stereocenters. The van der Waals surface area contributed by atoms with Gasteiger partial charge in [0.1, 0.15) is 0 Å². The van der Waals surface area contributed by atoms with Crippen LogP contribution in [0.15, 0.2) is 0 Å². The van der Waals surface area contributed by atoms with E-state index in [4.69, 9.17) is 0 Å². The van der Waals surface area contributed by atoms with Crippen molar-refractivity contribution in [3.8, 4) is 0 Å². The quantitative estimate of drug-likeness (QED) is 0.682. The van der Waals surface area contributed by atoms with Gasteiger partial charge in [-0.2, -0.15) is 6.54 Å².